The molecule has 0 bridgehead atoms. The van der Waals surface area contributed by atoms with E-state index in [1.54, 1.807) is 36.4 Å². The molecule has 2 N–H and O–H groups in total. The third-order valence-electron chi connectivity index (χ3n) is 5.16. The van der Waals surface area contributed by atoms with Gasteiger partial charge in [-0.15, -0.1) is 0 Å². The van der Waals surface area contributed by atoms with Crippen LogP contribution >= 0.6 is 11.6 Å². The molecule has 0 aliphatic heterocycles. The molecule has 0 aliphatic carbocycles. The van der Waals surface area contributed by atoms with E-state index in [-0.39, 0.29) is 6.42 Å². The summed E-state index contributed by atoms with van der Waals surface area (Å²) in [7, 11) is 0. The number of carbonyl (C=O) groups is 2. The van der Waals surface area contributed by atoms with Crippen LogP contribution in [0, 0.1) is 0 Å². The number of ether oxygens (including phenoxy) is 1. The standard InChI is InChI=1S/C26H20ClNO6/c27-18-8-6-16(7-9-18)12-22(26(31)32)28-24(29)15-33-19-10-11-20-21(17-4-2-1-3-5-17)14-25(30)34-23(20)13-19/h1-11,13-14,22H,12,15H2,(H,28,29)(H,31,32)/t22-/m1/s1. The second-order valence-corrected chi connectivity index (χ2v) is 8.02. The van der Waals surface area contributed by atoms with Crippen LogP contribution in [0.15, 0.2) is 88.1 Å². The van der Waals surface area contributed by atoms with Crippen molar-refractivity contribution in [1.29, 1.82) is 0 Å². The van der Waals surface area contributed by atoms with Gasteiger partial charge in [0.05, 0.1) is 0 Å². The first-order valence-corrected chi connectivity index (χ1v) is 10.8. The molecule has 0 spiro atoms. The van der Waals surface area contributed by atoms with Crippen molar-refractivity contribution in [3.63, 3.8) is 0 Å². The van der Waals surface area contributed by atoms with Crippen LogP contribution in [-0.4, -0.2) is 29.6 Å². The highest BCUT2D eigenvalue weighted by atomic mass is 35.5. The summed E-state index contributed by atoms with van der Waals surface area (Å²) >= 11 is 5.85. The first-order valence-electron chi connectivity index (χ1n) is 10.4. The molecule has 0 radical (unpaired) electrons. The molecular weight excluding hydrogens is 458 g/mol. The first kappa shape index (κ1) is 23.1. The summed E-state index contributed by atoms with van der Waals surface area (Å²) in [6.07, 6.45) is 0.0988. The van der Waals surface area contributed by atoms with Crippen LogP contribution in [0.25, 0.3) is 22.1 Å². The van der Waals surface area contributed by atoms with Gasteiger partial charge >= 0.3 is 11.6 Å². The van der Waals surface area contributed by atoms with Crippen molar-refractivity contribution < 1.29 is 23.8 Å². The Hall–Kier alpha value is -4.10. The van der Waals surface area contributed by atoms with Gasteiger partial charge in [0.15, 0.2) is 6.61 Å². The van der Waals surface area contributed by atoms with Crippen LogP contribution in [0.5, 0.6) is 5.75 Å². The summed E-state index contributed by atoms with van der Waals surface area (Å²) in [5.74, 6) is -1.45. The Morgan fingerprint density at radius 2 is 1.74 bits per heavy atom. The smallest absolute Gasteiger partial charge is 0.336 e. The number of amides is 1. The molecular formula is C26H20ClNO6. The highest BCUT2D eigenvalue weighted by Crippen LogP contribution is 2.29. The molecule has 4 rings (SSSR count). The van der Waals surface area contributed by atoms with E-state index in [4.69, 9.17) is 20.8 Å². The predicted octanol–water partition coefficient (Wildman–Crippen LogP) is 4.30. The maximum absolute atomic E-state index is 12.3. The molecule has 8 heteroatoms. The third kappa shape index (κ3) is 5.63. The van der Waals surface area contributed by atoms with Gasteiger partial charge in [-0.1, -0.05) is 54.1 Å². The SMILES string of the molecule is O=C(COc1ccc2c(-c3ccccc3)cc(=O)oc2c1)N[C@H](Cc1ccc(Cl)cc1)C(=O)O. The van der Waals surface area contributed by atoms with E-state index < -0.39 is 30.2 Å². The van der Waals surface area contributed by atoms with E-state index in [0.29, 0.717) is 16.4 Å². The molecule has 3 aromatic carbocycles. The molecule has 0 saturated carbocycles. The van der Waals surface area contributed by atoms with Gasteiger partial charge in [-0.25, -0.2) is 9.59 Å². The predicted molar refractivity (Wildman–Crippen MR) is 128 cm³/mol. The van der Waals surface area contributed by atoms with Crippen LogP contribution in [0.1, 0.15) is 5.56 Å². The van der Waals surface area contributed by atoms with E-state index in [2.05, 4.69) is 5.32 Å². The minimum Gasteiger partial charge on any atom is -0.484 e. The van der Waals surface area contributed by atoms with Crippen LogP contribution in [0.4, 0.5) is 0 Å². The minimum atomic E-state index is -1.16. The Labute approximate surface area is 199 Å². The Kier molecular flexibility index (Phi) is 6.94. The maximum atomic E-state index is 12.3. The molecule has 0 saturated heterocycles. The number of nitrogens with one attached hydrogen (secondary N) is 1. The number of benzene rings is 3. The fraction of sp³-hybridized carbons (Fsp3) is 0.115. The average molecular weight is 478 g/mol. The van der Waals surface area contributed by atoms with Gasteiger partial charge in [0, 0.05) is 29.0 Å². The van der Waals surface area contributed by atoms with Gasteiger partial charge in [-0.2, -0.15) is 0 Å². The van der Waals surface area contributed by atoms with E-state index in [9.17, 15) is 19.5 Å². The summed E-state index contributed by atoms with van der Waals surface area (Å²) in [6.45, 7) is -0.404. The monoisotopic (exact) mass is 477 g/mol. The van der Waals surface area contributed by atoms with Crippen molar-refractivity contribution in [3.05, 3.63) is 99.9 Å². The molecule has 1 aromatic heterocycles. The van der Waals surface area contributed by atoms with Gasteiger partial charge in [0.1, 0.15) is 17.4 Å². The Morgan fingerprint density at radius 1 is 1.00 bits per heavy atom. The average Bonchev–Trinajstić information content (AvgIpc) is 2.83. The van der Waals surface area contributed by atoms with Crippen molar-refractivity contribution in [2.45, 2.75) is 12.5 Å². The number of rotatable bonds is 8. The zero-order chi connectivity index (χ0) is 24.1. The second kappa shape index (κ2) is 10.2. The van der Waals surface area contributed by atoms with Crippen LogP contribution < -0.4 is 15.7 Å². The zero-order valence-corrected chi connectivity index (χ0v) is 18.6. The van der Waals surface area contributed by atoms with Gasteiger partial charge in [0.25, 0.3) is 5.91 Å². The summed E-state index contributed by atoms with van der Waals surface area (Å²) in [5, 5.41) is 13.2. The van der Waals surface area contributed by atoms with Gasteiger partial charge in [0.2, 0.25) is 0 Å². The fourth-order valence-corrected chi connectivity index (χ4v) is 3.66. The van der Waals surface area contributed by atoms with E-state index in [0.717, 1.165) is 22.1 Å². The topological polar surface area (TPSA) is 106 Å². The number of hydrogen-bond acceptors (Lipinski definition) is 5. The number of fused-ring (bicyclic) bond motifs is 1. The number of halogens is 1. The largest absolute Gasteiger partial charge is 0.484 e. The molecule has 1 atom stereocenters. The molecule has 1 heterocycles. The summed E-state index contributed by atoms with van der Waals surface area (Å²) in [5.41, 5.74) is 2.12. The molecule has 1 amide bonds. The van der Waals surface area contributed by atoms with Gasteiger partial charge < -0.3 is 19.6 Å². The molecule has 34 heavy (non-hydrogen) atoms. The highest BCUT2D eigenvalue weighted by Gasteiger charge is 2.21. The molecule has 172 valence electrons. The summed E-state index contributed by atoms with van der Waals surface area (Å²) < 4.78 is 10.8. The van der Waals surface area contributed by atoms with E-state index >= 15 is 0 Å². The van der Waals surface area contributed by atoms with Crippen molar-refractivity contribution in [1.82, 2.24) is 5.32 Å². The third-order valence-corrected chi connectivity index (χ3v) is 5.41. The van der Waals surface area contributed by atoms with Crippen LogP contribution in [0.2, 0.25) is 5.02 Å². The summed E-state index contributed by atoms with van der Waals surface area (Å²) in [6, 6.07) is 21.4. The van der Waals surface area contributed by atoms with Crippen molar-refractivity contribution in [2.24, 2.45) is 0 Å². The Morgan fingerprint density at radius 3 is 2.44 bits per heavy atom. The van der Waals surface area contributed by atoms with E-state index in [1.165, 1.54) is 12.1 Å². The zero-order valence-electron chi connectivity index (χ0n) is 17.9. The molecule has 0 unspecified atom stereocenters. The molecule has 4 aromatic rings. The lowest BCUT2D eigenvalue weighted by atomic mass is 10.0. The highest BCUT2D eigenvalue weighted by molar-refractivity contribution is 6.30. The minimum absolute atomic E-state index is 0.0988. The first-order chi connectivity index (χ1) is 16.4. The lowest BCUT2D eigenvalue weighted by molar-refractivity contribution is -0.142. The van der Waals surface area contributed by atoms with Crippen molar-refractivity contribution >= 4 is 34.4 Å². The van der Waals surface area contributed by atoms with Crippen LogP contribution in [0.3, 0.4) is 0 Å². The fourth-order valence-electron chi connectivity index (χ4n) is 3.53. The lowest BCUT2D eigenvalue weighted by Crippen LogP contribution is -2.44. The van der Waals surface area contributed by atoms with Crippen LogP contribution in [-0.2, 0) is 16.0 Å². The Bertz CT molecular complexity index is 1380. The van der Waals surface area contributed by atoms with Gasteiger partial charge in [-0.3, -0.25) is 4.79 Å². The van der Waals surface area contributed by atoms with Gasteiger partial charge in [-0.05, 0) is 41.0 Å². The van der Waals surface area contributed by atoms with E-state index in [1.807, 2.05) is 30.3 Å². The number of hydrogen-bond donors (Lipinski definition) is 2. The quantitative estimate of drug-likeness (QED) is 0.366. The maximum Gasteiger partial charge on any atom is 0.336 e. The molecule has 0 aliphatic rings. The Balaban J connectivity index is 1.45. The molecule has 7 nitrogen and oxygen atoms in total. The number of carboxylic acids is 1. The van der Waals surface area contributed by atoms with Crippen molar-refractivity contribution in [3.8, 4) is 16.9 Å². The summed E-state index contributed by atoms with van der Waals surface area (Å²) in [4.78, 5) is 36.0. The molecule has 0 fully saturated rings. The van der Waals surface area contributed by atoms with Crippen molar-refractivity contribution in [2.75, 3.05) is 6.61 Å². The number of carboxylic acid groups (broad SMARTS) is 1. The number of carbonyl (C=O) groups excluding carboxylic acids is 1. The second-order valence-electron chi connectivity index (χ2n) is 7.58. The normalized spacial score (nSPS) is 11.7. The lowest BCUT2D eigenvalue weighted by Gasteiger charge is -2.15. The number of aliphatic carboxylic acids is 1.